The van der Waals surface area contributed by atoms with Crippen molar-refractivity contribution in [3.05, 3.63) is 29.8 Å². The van der Waals surface area contributed by atoms with Gasteiger partial charge >= 0.3 is 0 Å². The molecule has 2 N–H and O–H groups in total. The molecule has 0 radical (unpaired) electrons. The summed E-state index contributed by atoms with van der Waals surface area (Å²) in [6.45, 7) is 0. The van der Waals surface area contributed by atoms with Crippen molar-refractivity contribution in [1.29, 1.82) is 5.26 Å². The molecule has 1 rings (SSSR count). The minimum atomic E-state index is -0.155. The molecular weight excluding hydrogens is 180 g/mol. The Kier molecular flexibility index (Phi) is 3.81. The topological polar surface area (TPSA) is 49.8 Å². The van der Waals surface area contributed by atoms with Gasteiger partial charge in [0.05, 0.1) is 12.5 Å². The van der Waals surface area contributed by atoms with Gasteiger partial charge in [-0.25, -0.2) is 0 Å². The number of hydrogen-bond donors (Lipinski definition) is 1. The van der Waals surface area contributed by atoms with Crippen LogP contribution in [0.5, 0.6) is 0 Å². The predicted molar refractivity (Wildman–Crippen MR) is 55.4 cm³/mol. The van der Waals surface area contributed by atoms with Crippen molar-refractivity contribution in [2.24, 2.45) is 5.73 Å². The van der Waals surface area contributed by atoms with Crippen LogP contribution in [0.3, 0.4) is 0 Å². The van der Waals surface area contributed by atoms with Crippen LogP contribution < -0.4 is 5.73 Å². The van der Waals surface area contributed by atoms with Gasteiger partial charge in [0.2, 0.25) is 0 Å². The first-order valence-corrected chi connectivity index (χ1v) is 5.27. The van der Waals surface area contributed by atoms with Gasteiger partial charge in [-0.05, 0) is 24.0 Å². The lowest BCUT2D eigenvalue weighted by Crippen LogP contribution is -2.08. The van der Waals surface area contributed by atoms with Crippen molar-refractivity contribution in [3.8, 4) is 6.07 Å². The zero-order chi connectivity index (χ0) is 9.68. The molecule has 1 unspecified atom stereocenters. The van der Waals surface area contributed by atoms with Crippen LogP contribution in [0.25, 0.3) is 0 Å². The van der Waals surface area contributed by atoms with E-state index in [-0.39, 0.29) is 6.04 Å². The van der Waals surface area contributed by atoms with Crippen molar-refractivity contribution in [2.75, 3.05) is 6.26 Å². The van der Waals surface area contributed by atoms with Crippen LogP contribution in [0, 0.1) is 11.3 Å². The lowest BCUT2D eigenvalue weighted by atomic mass is 10.1. The second-order valence-electron chi connectivity index (χ2n) is 2.75. The lowest BCUT2D eigenvalue weighted by molar-refractivity contribution is 0.746. The summed E-state index contributed by atoms with van der Waals surface area (Å²) in [4.78, 5) is 1.19. The molecule has 0 aliphatic heterocycles. The van der Waals surface area contributed by atoms with Gasteiger partial charge in [0, 0.05) is 10.9 Å². The quantitative estimate of drug-likeness (QED) is 0.748. The van der Waals surface area contributed by atoms with Gasteiger partial charge in [0.1, 0.15) is 0 Å². The zero-order valence-corrected chi connectivity index (χ0v) is 8.34. The number of nitriles is 1. The first-order valence-electron chi connectivity index (χ1n) is 4.04. The Morgan fingerprint density at radius 2 is 2.38 bits per heavy atom. The number of rotatable bonds is 3. The van der Waals surface area contributed by atoms with E-state index in [1.165, 1.54) is 4.90 Å². The third-order valence-corrected chi connectivity index (χ3v) is 2.56. The molecule has 0 aliphatic rings. The minimum Gasteiger partial charge on any atom is -0.323 e. The molecule has 3 heteroatoms. The summed E-state index contributed by atoms with van der Waals surface area (Å²) in [6.07, 6.45) is 2.40. The molecular formula is C10H12N2S. The van der Waals surface area contributed by atoms with Gasteiger partial charge < -0.3 is 5.73 Å². The second kappa shape index (κ2) is 4.90. The molecule has 0 amide bonds. The Balaban J connectivity index is 2.83. The highest BCUT2D eigenvalue weighted by molar-refractivity contribution is 7.98. The Bertz CT molecular complexity index is 317. The molecule has 0 aliphatic carbocycles. The maximum absolute atomic E-state index is 8.49. The van der Waals surface area contributed by atoms with E-state index < -0.39 is 0 Å². The Hall–Kier alpha value is -0.980. The standard InChI is InChI=1S/C10H12N2S/c1-13-9-4-2-3-8(7-9)10(12)5-6-11/h2-4,7,10H,5,12H2,1H3. The molecule has 0 fully saturated rings. The number of hydrogen-bond acceptors (Lipinski definition) is 3. The highest BCUT2D eigenvalue weighted by Crippen LogP contribution is 2.20. The smallest absolute Gasteiger partial charge is 0.0641 e. The zero-order valence-electron chi connectivity index (χ0n) is 7.53. The van der Waals surface area contributed by atoms with Crippen molar-refractivity contribution in [3.63, 3.8) is 0 Å². The largest absolute Gasteiger partial charge is 0.323 e. The normalized spacial score (nSPS) is 12.1. The first-order chi connectivity index (χ1) is 6.27. The molecule has 68 valence electrons. The van der Waals surface area contributed by atoms with Crippen molar-refractivity contribution >= 4 is 11.8 Å². The molecule has 1 aromatic carbocycles. The maximum Gasteiger partial charge on any atom is 0.0641 e. The Labute approximate surface area is 82.7 Å². The Morgan fingerprint density at radius 1 is 1.62 bits per heavy atom. The fourth-order valence-electron chi connectivity index (χ4n) is 1.09. The second-order valence-corrected chi connectivity index (χ2v) is 3.62. The van der Waals surface area contributed by atoms with Gasteiger partial charge in [-0.3, -0.25) is 0 Å². The molecule has 1 atom stereocenters. The summed E-state index contributed by atoms with van der Waals surface area (Å²) in [5, 5.41) is 8.49. The van der Waals surface area contributed by atoms with Gasteiger partial charge in [-0.15, -0.1) is 11.8 Å². The van der Waals surface area contributed by atoms with Crippen LogP contribution >= 0.6 is 11.8 Å². The van der Waals surface area contributed by atoms with E-state index in [9.17, 15) is 0 Å². The number of nitrogens with zero attached hydrogens (tertiary/aromatic N) is 1. The minimum absolute atomic E-state index is 0.155. The molecule has 0 bridgehead atoms. The van der Waals surface area contributed by atoms with E-state index in [0.29, 0.717) is 6.42 Å². The van der Waals surface area contributed by atoms with Crippen LogP contribution in [-0.4, -0.2) is 6.26 Å². The predicted octanol–water partition coefficient (Wildman–Crippen LogP) is 2.32. The van der Waals surface area contributed by atoms with Crippen molar-refractivity contribution in [1.82, 2.24) is 0 Å². The van der Waals surface area contributed by atoms with E-state index in [0.717, 1.165) is 5.56 Å². The number of thioether (sulfide) groups is 1. The van der Waals surface area contributed by atoms with E-state index >= 15 is 0 Å². The van der Waals surface area contributed by atoms with E-state index in [2.05, 4.69) is 6.07 Å². The van der Waals surface area contributed by atoms with Crippen LogP contribution in [-0.2, 0) is 0 Å². The summed E-state index contributed by atoms with van der Waals surface area (Å²) in [6, 6.07) is 9.92. The van der Waals surface area contributed by atoms with Crippen LogP contribution in [0.2, 0.25) is 0 Å². The summed E-state index contributed by atoms with van der Waals surface area (Å²) in [5.41, 5.74) is 6.83. The summed E-state index contributed by atoms with van der Waals surface area (Å²) < 4.78 is 0. The average Bonchev–Trinajstić information content (AvgIpc) is 2.18. The SMILES string of the molecule is CSc1cccc(C(N)CC#N)c1. The summed E-state index contributed by atoms with van der Waals surface area (Å²) in [7, 11) is 0. The highest BCUT2D eigenvalue weighted by atomic mass is 32.2. The molecule has 0 aromatic heterocycles. The summed E-state index contributed by atoms with van der Waals surface area (Å²) >= 11 is 1.68. The van der Waals surface area contributed by atoms with Gasteiger partial charge in [-0.2, -0.15) is 5.26 Å². The Morgan fingerprint density at radius 3 is 3.00 bits per heavy atom. The van der Waals surface area contributed by atoms with Crippen LogP contribution in [0.15, 0.2) is 29.2 Å². The van der Waals surface area contributed by atoms with Crippen LogP contribution in [0.1, 0.15) is 18.0 Å². The first kappa shape index (κ1) is 10.1. The maximum atomic E-state index is 8.49. The monoisotopic (exact) mass is 192 g/mol. The van der Waals surface area contributed by atoms with Crippen molar-refractivity contribution in [2.45, 2.75) is 17.4 Å². The molecule has 0 saturated carbocycles. The van der Waals surface area contributed by atoms with E-state index in [1.54, 1.807) is 11.8 Å². The van der Waals surface area contributed by atoms with Crippen LogP contribution in [0.4, 0.5) is 0 Å². The highest BCUT2D eigenvalue weighted by Gasteiger charge is 2.04. The lowest BCUT2D eigenvalue weighted by Gasteiger charge is -2.08. The number of benzene rings is 1. The van der Waals surface area contributed by atoms with E-state index in [4.69, 9.17) is 11.0 Å². The molecule has 0 saturated heterocycles. The van der Waals surface area contributed by atoms with E-state index in [1.807, 2.05) is 30.5 Å². The number of nitrogens with two attached hydrogens (primary N) is 1. The molecule has 0 heterocycles. The third-order valence-electron chi connectivity index (χ3n) is 1.83. The fraction of sp³-hybridized carbons (Fsp3) is 0.300. The van der Waals surface area contributed by atoms with Gasteiger partial charge in [0.25, 0.3) is 0 Å². The van der Waals surface area contributed by atoms with Gasteiger partial charge in [0.15, 0.2) is 0 Å². The molecule has 13 heavy (non-hydrogen) atoms. The van der Waals surface area contributed by atoms with Gasteiger partial charge in [-0.1, -0.05) is 12.1 Å². The average molecular weight is 192 g/mol. The molecule has 1 aromatic rings. The fourth-order valence-corrected chi connectivity index (χ4v) is 1.56. The molecule has 0 spiro atoms. The third kappa shape index (κ3) is 2.76. The molecule has 2 nitrogen and oxygen atoms in total. The summed E-state index contributed by atoms with van der Waals surface area (Å²) in [5.74, 6) is 0. The van der Waals surface area contributed by atoms with Crippen molar-refractivity contribution < 1.29 is 0 Å².